The molecular weight excluding hydrogens is 303 g/mol. The molecule has 74 valence electrons. The van der Waals surface area contributed by atoms with Gasteiger partial charge in [-0.25, -0.2) is 9.59 Å². The molecule has 0 aliphatic heterocycles. The molecular formula is C8H5IO5. The van der Waals surface area contributed by atoms with Gasteiger partial charge in [0.05, 0.1) is 11.1 Å². The van der Waals surface area contributed by atoms with Gasteiger partial charge in [-0.3, -0.25) is 0 Å². The van der Waals surface area contributed by atoms with Crippen molar-refractivity contribution < 1.29 is 24.9 Å². The van der Waals surface area contributed by atoms with E-state index in [4.69, 9.17) is 15.3 Å². The van der Waals surface area contributed by atoms with Gasteiger partial charge in [-0.15, -0.1) is 0 Å². The number of hydrogen-bond donors (Lipinski definition) is 3. The van der Waals surface area contributed by atoms with Crippen LogP contribution in [0.1, 0.15) is 20.7 Å². The highest BCUT2D eigenvalue weighted by Crippen LogP contribution is 2.23. The van der Waals surface area contributed by atoms with Gasteiger partial charge in [-0.2, -0.15) is 0 Å². The number of phenolic OH excluding ortho intramolecular Hbond substituents is 1. The predicted molar refractivity (Wildman–Crippen MR) is 54.7 cm³/mol. The van der Waals surface area contributed by atoms with Crippen molar-refractivity contribution in [2.75, 3.05) is 0 Å². The maximum atomic E-state index is 10.7. The lowest BCUT2D eigenvalue weighted by Crippen LogP contribution is -2.09. The molecule has 5 nitrogen and oxygen atoms in total. The van der Waals surface area contributed by atoms with Gasteiger partial charge in [0, 0.05) is 3.57 Å². The standard InChI is InChI=1S/C8H5IO5/c9-5-2-3(10)1-4(7(11)12)6(5)8(13)14/h1-2,10H,(H,11,12)(H,13,14). The Bertz CT molecular complexity index is 412. The van der Waals surface area contributed by atoms with Crippen LogP contribution in [-0.4, -0.2) is 27.3 Å². The van der Waals surface area contributed by atoms with Gasteiger partial charge in [-0.05, 0) is 34.7 Å². The molecule has 6 heteroatoms. The molecule has 0 unspecified atom stereocenters. The first-order valence-electron chi connectivity index (χ1n) is 3.42. The highest BCUT2D eigenvalue weighted by Gasteiger charge is 2.20. The molecule has 0 saturated heterocycles. The van der Waals surface area contributed by atoms with Crippen LogP contribution in [0.2, 0.25) is 0 Å². The summed E-state index contributed by atoms with van der Waals surface area (Å²) in [5.74, 6) is -2.97. The first kappa shape index (κ1) is 10.8. The summed E-state index contributed by atoms with van der Waals surface area (Å²) in [5.41, 5.74) is -0.724. The molecule has 3 N–H and O–H groups in total. The van der Waals surface area contributed by atoms with E-state index < -0.39 is 17.5 Å². The van der Waals surface area contributed by atoms with Crippen molar-refractivity contribution in [2.45, 2.75) is 0 Å². The van der Waals surface area contributed by atoms with Crippen LogP contribution in [0, 0.1) is 3.57 Å². The number of halogens is 1. The highest BCUT2D eigenvalue weighted by atomic mass is 127. The summed E-state index contributed by atoms with van der Waals surface area (Å²) in [6.45, 7) is 0. The molecule has 0 aliphatic rings. The first-order valence-corrected chi connectivity index (χ1v) is 4.50. The third-order valence-electron chi connectivity index (χ3n) is 1.52. The molecule has 0 heterocycles. The van der Waals surface area contributed by atoms with Crippen molar-refractivity contribution in [1.82, 2.24) is 0 Å². The quantitative estimate of drug-likeness (QED) is 0.718. The predicted octanol–water partition coefficient (Wildman–Crippen LogP) is 1.39. The Balaban J connectivity index is 3.52. The maximum absolute atomic E-state index is 10.7. The summed E-state index contributed by atoms with van der Waals surface area (Å²) in [5, 5.41) is 26.5. The number of carboxylic acid groups (broad SMARTS) is 2. The molecule has 0 fully saturated rings. The molecule has 1 rings (SSSR count). The maximum Gasteiger partial charge on any atom is 0.337 e. The van der Waals surface area contributed by atoms with Gasteiger partial charge in [0.15, 0.2) is 0 Å². The number of carbonyl (C=O) groups is 2. The molecule has 0 aromatic heterocycles. The second-order valence-electron chi connectivity index (χ2n) is 2.46. The number of carboxylic acids is 2. The second-order valence-corrected chi connectivity index (χ2v) is 3.62. The number of phenols is 1. The number of hydrogen-bond acceptors (Lipinski definition) is 3. The van der Waals surface area contributed by atoms with E-state index in [0.29, 0.717) is 0 Å². The van der Waals surface area contributed by atoms with Crippen molar-refractivity contribution in [1.29, 1.82) is 0 Å². The average molecular weight is 308 g/mol. The van der Waals surface area contributed by atoms with Gasteiger partial charge >= 0.3 is 11.9 Å². The normalized spacial score (nSPS) is 9.79. The van der Waals surface area contributed by atoms with Gasteiger partial charge in [0.1, 0.15) is 5.75 Å². The number of benzene rings is 1. The lowest BCUT2D eigenvalue weighted by atomic mass is 10.1. The van der Waals surface area contributed by atoms with E-state index in [1.807, 2.05) is 0 Å². The zero-order valence-electron chi connectivity index (χ0n) is 6.69. The molecule has 14 heavy (non-hydrogen) atoms. The molecule has 0 saturated carbocycles. The van der Waals surface area contributed by atoms with Crippen molar-refractivity contribution in [2.24, 2.45) is 0 Å². The fourth-order valence-corrected chi connectivity index (χ4v) is 1.82. The van der Waals surface area contributed by atoms with E-state index in [9.17, 15) is 9.59 Å². The summed E-state index contributed by atoms with van der Waals surface area (Å²) in [6.07, 6.45) is 0. The summed E-state index contributed by atoms with van der Waals surface area (Å²) in [4.78, 5) is 21.4. The van der Waals surface area contributed by atoms with Gasteiger partial charge in [0.25, 0.3) is 0 Å². The second kappa shape index (κ2) is 3.82. The fourth-order valence-electron chi connectivity index (χ4n) is 0.978. The van der Waals surface area contributed by atoms with Crippen molar-refractivity contribution in [3.8, 4) is 5.75 Å². The summed E-state index contributed by atoms with van der Waals surface area (Å²) < 4.78 is 0.188. The minimum Gasteiger partial charge on any atom is -0.508 e. The SMILES string of the molecule is O=C(O)c1cc(O)cc(I)c1C(=O)O. The van der Waals surface area contributed by atoms with Crippen LogP contribution < -0.4 is 0 Å². The smallest absolute Gasteiger partial charge is 0.337 e. The van der Waals surface area contributed by atoms with Crippen LogP contribution in [0.15, 0.2) is 12.1 Å². The van der Waals surface area contributed by atoms with Crippen LogP contribution in [0.3, 0.4) is 0 Å². The van der Waals surface area contributed by atoms with Crippen molar-refractivity contribution in [3.63, 3.8) is 0 Å². The molecule has 0 radical (unpaired) electrons. The molecule has 0 aliphatic carbocycles. The van der Waals surface area contributed by atoms with E-state index >= 15 is 0 Å². The Morgan fingerprint density at radius 3 is 2.14 bits per heavy atom. The van der Waals surface area contributed by atoms with Crippen LogP contribution in [-0.2, 0) is 0 Å². The zero-order valence-corrected chi connectivity index (χ0v) is 8.85. The van der Waals surface area contributed by atoms with E-state index in [1.165, 1.54) is 6.07 Å². The monoisotopic (exact) mass is 308 g/mol. The molecule has 0 bridgehead atoms. The van der Waals surface area contributed by atoms with Crippen molar-refractivity contribution >= 4 is 34.5 Å². The average Bonchev–Trinajstić information content (AvgIpc) is 2.01. The van der Waals surface area contributed by atoms with Gasteiger partial charge < -0.3 is 15.3 Å². The highest BCUT2D eigenvalue weighted by molar-refractivity contribution is 14.1. The summed E-state index contributed by atoms with van der Waals surface area (Å²) in [7, 11) is 0. The van der Waals surface area contributed by atoms with Crippen LogP contribution in [0.4, 0.5) is 0 Å². The molecule has 0 spiro atoms. The number of aromatic hydroxyl groups is 1. The van der Waals surface area contributed by atoms with E-state index in [1.54, 1.807) is 22.6 Å². The third kappa shape index (κ3) is 1.95. The van der Waals surface area contributed by atoms with Crippen LogP contribution in [0.5, 0.6) is 5.75 Å². The van der Waals surface area contributed by atoms with E-state index in [0.717, 1.165) is 6.07 Å². The first-order chi connectivity index (χ1) is 6.43. The Hall–Kier alpha value is -1.31. The van der Waals surface area contributed by atoms with Crippen molar-refractivity contribution in [3.05, 3.63) is 26.8 Å². The Morgan fingerprint density at radius 1 is 1.14 bits per heavy atom. The Kier molecular flexibility index (Phi) is 2.94. The zero-order chi connectivity index (χ0) is 10.9. The fraction of sp³-hybridized carbons (Fsp3) is 0. The molecule has 0 atom stereocenters. The third-order valence-corrected chi connectivity index (χ3v) is 2.37. The summed E-state index contributed by atoms with van der Waals surface area (Å²) >= 11 is 1.66. The van der Waals surface area contributed by atoms with Crippen LogP contribution in [0.25, 0.3) is 0 Å². The van der Waals surface area contributed by atoms with E-state index in [2.05, 4.69) is 0 Å². The number of aromatic carboxylic acids is 2. The van der Waals surface area contributed by atoms with Gasteiger partial charge in [-0.1, -0.05) is 0 Å². The largest absolute Gasteiger partial charge is 0.508 e. The molecule has 1 aromatic carbocycles. The topological polar surface area (TPSA) is 94.8 Å². The lowest BCUT2D eigenvalue weighted by molar-refractivity contribution is 0.0650. The van der Waals surface area contributed by atoms with Gasteiger partial charge in [0.2, 0.25) is 0 Å². The minimum absolute atomic E-state index is 0.188. The lowest BCUT2D eigenvalue weighted by Gasteiger charge is -2.04. The Labute approximate surface area is 92.1 Å². The molecule has 0 amide bonds. The van der Waals surface area contributed by atoms with Crippen LogP contribution >= 0.6 is 22.6 Å². The minimum atomic E-state index is -1.38. The van der Waals surface area contributed by atoms with E-state index in [-0.39, 0.29) is 14.9 Å². The summed E-state index contributed by atoms with van der Waals surface area (Å²) in [6, 6.07) is 2.10. The molecule has 1 aromatic rings. The number of rotatable bonds is 2. The Morgan fingerprint density at radius 2 is 1.71 bits per heavy atom.